The van der Waals surface area contributed by atoms with E-state index in [0.717, 1.165) is 24.7 Å². The number of aliphatic hydroxyl groups excluding tert-OH is 1. The predicted molar refractivity (Wildman–Crippen MR) is 82.0 cm³/mol. The predicted octanol–water partition coefficient (Wildman–Crippen LogP) is 4.87. The number of aliphatic hydroxyl groups is 1. The van der Waals surface area contributed by atoms with Gasteiger partial charge in [-0.25, -0.2) is 0 Å². The minimum atomic E-state index is -0.169. The van der Waals surface area contributed by atoms with Gasteiger partial charge >= 0.3 is 0 Å². The van der Waals surface area contributed by atoms with Crippen molar-refractivity contribution >= 4 is 0 Å². The highest BCUT2D eigenvalue weighted by molar-refractivity contribution is 5.22. The Morgan fingerprint density at radius 2 is 2.21 bits per heavy atom. The SMILES string of the molecule is CC[C@H](O)C/C=C\C=C1/CCC[C@]2(C)C(C)CCC12. The summed E-state index contributed by atoms with van der Waals surface area (Å²) in [6, 6.07) is 0. The Labute approximate surface area is 118 Å². The molecule has 0 bridgehead atoms. The van der Waals surface area contributed by atoms with Crippen LogP contribution in [-0.4, -0.2) is 11.2 Å². The Kier molecular flexibility index (Phi) is 4.89. The maximum Gasteiger partial charge on any atom is 0.0572 e. The highest BCUT2D eigenvalue weighted by Crippen LogP contribution is 2.57. The third-order valence-corrected chi connectivity index (χ3v) is 5.76. The summed E-state index contributed by atoms with van der Waals surface area (Å²) in [5.41, 5.74) is 2.22. The van der Waals surface area contributed by atoms with Crippen LogP contribution in [0, 0.1) is 17.3 Å². The molecule has 2 aliphatic carbocycles. The van der Waals surface area contributed by atoms with E-state index in [1.807, 2.05) is 6.92 Å². The van der Waals surface area contributed by atoms with Crippen molar-refractivity contribution in [2.75, 3.05) is 0 Å². The third kappa shape index (κ3) is 3.13. The average Bonchev–Trinajstić information content (AvgIpc) is 2.71. The average molecular weight is 262 g/mol. The Morgan fingerprint density at radius 3 is 2.95 bits per heavy atom. The minimum absolute atomic E-state index is 0.169. The summed E-state index contributed by atoms with van der Waals surface area (Å²) in [5, 5.41) is 9.55. The molecule has 1 nitrogen and oxygen atoms in total. The third-order valence-electron chi connectivity index (χ3n) is 5.76. The van der Waals surface area contributed by atoms with Crippen molar-refractivity contribution in [2.24, 2.45) is 17.3 Å². The Morgan fingerprint density at radius 1 is 1.42 bits per heavy atom. The molecule has 0 aromatic rings. The summed E-state index contributed by atoms with van der Waals surface area (Å²) < 4.78 is 0. The van der Waals surface area contributed by atoms with Crippen LogP contribution in [0.15, 0.2) is 23.8 Å². The first-order chi connectivity index (χ1) is 9.08. The van der Waals surface area contributed by atoms with Crippen LogP contribution in [0.5, 0.6) is 0 Å². The molecule has 1 N–H and O–H groups in total. The first kappa shape index (κ1) is 14.8. The molecule has 2 rings (SSSR count). The van der Waals surface area contributed by atoms with Crippen LogP contribution >= 0.6 is 0 Å². The fraction of sp³-hybridized carbons (Fsp3) is 0.778. The summed E-state index contributed by atoms with van der Waals surface area (Å²) in [4.78, 5) is 0. The molecule has 0 aliphatic heterocycles. The first-order valence-corrected chi connectivity index (χ1v) is 8.11. The second-order valence-corrected chi connectivity index (χ2v) is 6.86. The quantitative estimate of drug-likeness (QED) is 0.766. The van der Waals surface area contributed by atoms with Gasteiger partial charge in [0, 0.05) is 0 Å². The molecule has 1 heteroatoms. The summed E-state index contributed by atoms with van der Waals surface area (Å²) >= 11 is 0. The summed E-state index contributed by atoms with van der Waals surface area (Å²) in [7, 11) is 0. The maximum atomic E-state index is 9.55. The van der Waals surface area contributed by atoms with Gasteiger partial charge in [-0.1, -0.05) is 44.6 Å². The summed E-state index contributed by atoms with van der Waals surface area (Å²) in [5.74, 6) is 1.70. The van der Waals surface area contributed by atoms with Gasteiger partial charge in [-0.05, 0) is 62.2 Å². The Hall–Kier alpha value is -0.560. The zero-order valence-electron chi connectivity index (χ0n) is 12.9. The van der Waals surface area contributed by atoms with Gasteiger partial charge in [-0.3, -0.25) is 0 Å². The van der Waals surface area contributed by atoms with Gasteiger partial charge in [0.05, 0.1) is 6.10 Å². The zero-order valence-corrected chi connectivity index (χ0v) is 12.9. The van der Waals surface area contributed by atoms with Crippen molar-refractivity contribution in [3.05, 3.63) is 23.8 Å². The van der Waals surface area contributed by atoms with Crippen molar-refractivity contribution in [1.82, 2.24) is 0 Å². The summed E-state index contributed by atoms with van der Waals surface area (Å²) in [6.45, 7) is 6.98. The smallest absolute Gasteiger partial charge is 0.0572 e. The molecule has 0 radical (unpaired) electrons. The lowest BCUT2D eigenvalue weighted by atomic mass is 9.64. The van der Waals surface area contributed by atoms with E-state index in [1.165, 1.54) is 32.1 Å². The molecular weight excluding hydrogens is 232 g/mol. The molecule has 0 aromatic carbocycles. The second kappa shape index (κ2) is 6.26. The lowest BCUT2D eigenvalue weighted by Crippen LogP contribution is -2.31. The van der Waals surface area contributed by atoms with E-state index in [0.29, 0.717) is 5.41 Å². The van der Waals surface area contributed by atoms with Gasteiger partial charge in [0.15, 0.2) is 0 Å². The standard InChI is InChI=1S/C18H30O/c1-4-16(19)10-6-5-8-15-9-7-13-18(3)14(2)11-12-17(15)18/h5-6,8,14,16-17,19H,4,7,9-13H2,1-3H3/b6-5-,15-8+/t14?,16-,17?,18+/m0/s1. The molecule has 4 atom stereocenters. The molecule has 0 spiro atoms. The van der Waals surface area contributed by atoms with E-state index in [1.54, 1.807) is 5.57 Å². The van der Waals surface area contributed by atoms with E-state index < -0.39 is 0 Å². The molecule has 108 valence electrons. The minimum Gasteiger partial charge on any atom is -0.393 e. The van der Waals surface area contributed by atoms with Crippen LogP contribution in [0.4, 0.5) is 0 Å². The monoisotopic (exact) mass is 262 g/mol. The Balaban J connectivity index is 2.00. The van der Waals surface area contributed by atoms with Crippen LogP contribution in [-0.2, 0) is 0 Å². The molecule has 2 saturated carbocycles. The summed E-state index contributed by atoms with van der Waals surface area (Å²) in [6.07, 6.45) is 15.0. The largest absolute Gasteiger partial charge is 0.393 e. The maximum absolute atomic E-state index is 9.55. The molecular formula is C18H30O. The van der Waals surface area contributed by atoms with Gasteiger partial charge in [0.25, 0.3) is 0 Å². The number of allylic oxidation sites excluding steroid dienone is 3. The van der Waals surface area contributed by atoms with E-state index in [2.05, 4.69) is 32.1 Å². The molecule has 2 fully saturated rings. The first-order valence-electron chi connectivity index (χ1n) is 8.11. The van der Waals surface area contributed by atoms with Crippen LogP contribution in [0.3, 0.4) is 0 Å². The second-order valence-electron chi connectivity index (χ2n) is 6.86. The topological polar surface area (TPSA) is 20.2 Å². The van der Waals surface area contributed by atoms with Crippen LogP contribution in [0.1, 0.15) is 65.7 Å². The molecule has 19 heavy (non-hydrogen) atoms. The van der Waals surface area contributed by atoms with Crippen LogP contribution in [0.25, 0.3) is 0 Å². The van der Waals surface area contributed by atoms with E-state index in [9.17, 15) is 5.11 Å². The highest BCUT2D eigenvalue weighted by Gasteiger charge is 2.46. The Bertz CT molecular complexity index is 355. The van der Waals surface area contributed by atoms with Crippen molar-refractivity contribution in [2.45, 2.75) is 71.8 Å². The van der Waals surface area contributed by atoms with E-state index >= 15 is 0 Å². The van der Waals surface area contributed by atoms with Gasteiger partial charge in [0.2, 0.25) is 0 Å². The van der Waals surface area contributed by atoms with Crippen LogP contribution < -0.4 is 0 Å². The molecule has 0 saturated heterocycles. The van der Waals surface area contributed by atoms with Crippen molar-refractivity contribution in [3.63, 3.8) is 0 Å². The lowest BCUT2D eigenvalue weighted by Gasteiger charge is -2.41. The number of hydrogen-bond donors (Lipinski definition) is 1. The fourth-order valence-corrected chi connectivity index (χ4v) is 4.09. The fourth-order valence-electron chi connectivity index (χ4n) is 4.09. The zero-order chi connectivity index (χ0) is 13.9. The van der Waals surface area contributed by atoms with E-state index in [4.69, 9.17) is 0 Å². The van der Waals surface area contributed by atoms with Gasteiger partial charge in [-0.2, -0.15) is 0 Å². The van der Waals surface area contributed by atoms with Crippen LogP contribution in [0.2, 0.25) is 0 Å². The molecule has 0 heterocycles. The highest BCUT2D eigenvalue weighted by atomic mass is 16.3. The lowest BCUT2D eigenvalue weighted by molar-refractivity contribution is 0.147. The van der Waals surface area contributed by atoms with Crippen molar-refractivity contribution < 1.29 is 5.11 Å². The normalized spacial score (nSPS) is 38.8. The molecule has 0 aromatic heterocycles. The molecule has 0 amide bonds. The number of rotatable bonds is 4. The number of fused-ring (bicyclic) bond motifs is 1. The molecule has 2 aliphatic rings. The van der Waals surface area contributed by atoms with Crippen molar-refractivity contribution in [1.29, 1.82) is 0 Å². The van der Waals surface area contributed by atoms with Gasteiger partial charge in [-0.15, -0.1) is 0 Å². The van der Waals surface area contributed by atoms with Gasteiger partial charge < -0.3 is 5.11 Å². The number of hydrogen-bond acceptors (Lipinski definition) is 1. The molecule has 2 unspecified atom stereocenters. The van der Waals surface area contributed by atoms with Gasteiger partial charge in [0.1, 0.15) is 0 Å². The van der Waals surface area contributed by atoms with Crippen molar-refractivity contribution in [3.8, 4) is 0 Å². The van der Waals surface area contributed by atoms with E-state index in [-0.39, 0.29) is 6.10 Å².